The number of guanidine groups is 1. The minimum absolute atomic E-state index is 0.244. The molecule has 2 N–H and O–H groups in total. The first-order chi connectivity index (χ1) is 9.54. The third kappa shape index (κ3) is 4.85. The second kappa shape index (κ2) is 7.03. The van der Waals surface area contributed by atoms with Gasteiger partial charge in [0, 0.05) is 37.5 Å². The van der Waals surface area contributed by atoms with E-state index in [1.54, 1.807) is 0 Å². The molecule has 5 heteroatoms. The molecule has 116 valence electrons. The van der Waals surface area contributed by atoms with Crippen molar-refractivity contribution >= 4 is 17.7 Å². The minimum atomic E-state index is 0.244. The molecule has 1 atom stereocenters. The summed E-state index contributed by atoms with van der Waals surface area (Å²) in [6, 6.07) is 0.916. The van der Waals surface area contributed by atoms with E-state index in [2.05, 4.69) is 40.6 Å². The Hall–Kier alpha value is -0.420. The molecule has 1 aliphatic carbocycles. The smallest absolute Gasteiger partial charge is 0.191 e. The molecule has 1 heterocycles. The van der Waals surface area contributed by atoms with Crippen LogP contribution >= 0.6 is 11.8 Å². The van der Waals surface area contributed by atoms with E-state index >= 15 is 0 Å². The lowest BCUT2D eigenvalue weighted by Gasteiger charge is -2.24. The Morgan fingerprint density at radius 1 is 1.30 bits per heavy atom. The van der Waals surface area contributed by atoms with Crippen LogP contribution in [-0.2, 0) is 0 Å². The van der Waals surface area contributed by atoms with Crippen molar-refractivity contribution in [3.63, 3.8) is 0 Å². The Morgan fingerprint density at radius 3 is 2.65 bits per heavy atom. The summed E-state index contributed by atoms with van der Waals surface area (Å²) in [5.74, 6) is 1.72. The molecular formula is C15H30N4S. The SMILES string of the molecule is CN=C(NCC1CCN(C2CC2)C1)NCC(C)(C)SC. The van der Waals surface area contributed by atoms with Crippen LogP contribution in [0.1, 0.15) is 33.1 Å². The van der Waals surface area contributed by atoms with Gasteiger partial charge in [-0.15, -0.1) is 0 Å². The molecule has 2 rings (SSSR count). The average Bonchev–Trinajstić information content (AvgIpc) is 3.18. The molecular weight excluding hydrogens is 268 g/mol. The van der Waals surface area contributed by atoms with Gasteiger partial charge < -0.3 is 15.5 Å². The zero-order valence-corrected chi connectivity index (χ0v) is 14.2. The Labute approximate surface area is 128 Å². The number of aliphatic imine (C=N–C) groups is 1. The summed E-state index contributed by atoms with van der Waals surface area (Å²) >= 11 is 1.88. The van der Waals surface area contributed by atoms with Crippen LogP contribution < -0.4 is 10.6 Å². The number of rotatable bonds is 6. The summed E-state index contributed by atoms with van der Waals surface area (Å²) in [5, 5.41) is 6.93. The van der Waals surface area contributed by atoms with E-state index in [0.29, 0.717) is 0 Å². The molecule has 0 amide bonds. The van der Waals surface area contributed by atoms with Crippen molar-refractivity contribution in [3.05, 3.63) is 0 Å². The van der Waals surface area contributed by atoms with Gasteiger partial charge in [0.25, 0.3) is 0 Å². The van der Waals surface area contributed by atoms with Gasteiger partial charge in [0.1, 0.15) is 0 Å². The molecule has 2 fully saturated rings. The first-order valence-corrected chi connectivity index (χ1v) is 9.00. The molecule has 20 heavy (non-hydrogen) atoms. The maximum absolute atomic E-state index is 4.32. The van der Waals surface area contributed by atoms with Crippen molar-refractivity contribution in [3.8, 4) is 0 Å². The van der Waals surface area contributed by atoms with Crippen molar-refractivity contribution in [1.29, 1.82) is 0 Å². The summed E-state index contributed by atoms with van der Waals surface area (Å²) in [6.45, 7) is 9.05. The molecule has 0 aromatic heterocycles. The van der Waals surface area contributed by atoms with Gasteiger partial charge in [-0.05, 0) is 51.8 Å². The Bertz CT molecular complexity index is 339. The maximum atomic E-state index is 4.32. The van der Waals surface area contributed by atoms with Gasteiger partial charge in [0.2, 0.25) is 0 Å². The van der Waals surface area contributed by atoms with Crippen molar-refractivity contribution < 1.29 is 0 Å². The van der Waals surface area contributed by atoms with E-state index in [9.17, 15) is 0 Å². The quantitative estimate of drug-likeness (QED) is 0.579. The molecule has 0 aromatic carbocycles. The number of hydrogen-bond acceptors (Lipinski definition) is 3. The molecule has 1 unspecified atom stereocenters. The van der Waals surface area contributed by atoms with Gasteiger partial charge in [0.05, 0.1) is 0 Å². The van der Waals surface area contributed by atoms with E-state index in [0.717, 1.165) is 31.0 Å². The van der Waals surface area contributed by atoms with E-state index in [-0.39, 0.29) is 4.75 Å². The number of thioether (sulfide) groups is 1. The van der Waals surface area contributed by atoms with Crippen LogP contribution in [0.25, 0.3) is 0 Å². The van der Waals surface area contributed by atoms with Crippen LogP contribution in [0.3, 0.4) is 0 Å². The predicted octanol–water partition coefficient (Wildman–Crippen LogP) is 1.78. The first-order valence-electron chi connectivity index (χ1n) is 7.78. The molecule has 0 bridgehead atoms. The predicted molar refractivity (Wildman–Crippen MR) is 89.7 cm³/mol. The fraction of sp³-hybridized carbons (Fsp3) is 0.933. The summed E-state index contributed by atoms with van der Waals surface area (Å²) < 4.78 is 0.244. The van der Waals surface area contributed by atoms with Crippen molar-refractivity contribution in [1.82, 2.24) is 15.5 Å². The zero-order valence-electron chi connectivity index (χ0n) is 13.4. The third-order valence-corrected chi connectivity index (χ3v) is 5.65. The topological polar surface area (TPSA) is 39.7 Å². The zero-order chi connectivity index (χ0) is 14.6. The third-order valence-electron chi connectivity index (χ3n) is 4.40. The molecule has 1 aliphatic heterocycles. The van der Waals surface area contributed by atoms with Crippen molar-refractivity contribution in [2.24, 2.45) is 10.9 Å². The maximum Gasteiger partial charge on any atom is 0.191 e. The average molecular weight is 298 g/mol. The summed E-state index contributed by atoms with van der Waals surface area (Å²) in [4.78, 5) is 6.99. The largest absolute Gasteiger partial charge is 0.356 e. The van der Waals surface area contributed by atoms with Crippen LogP contribution in [0.4, 0.5) is 0 Å². The summed E-state index contributed by atoms with van der Waals surface area (Å²) in [6.07, 6.45) is 6.33. The Kier molecular flexibility index (Phi) is 5.61. The van der Waals surface area contributed by atoms with Crippen LogP contribution in [-0.4, -0.2) is 61.1 Å². The monoisotopic (exact) mass is 298 g/mol. The lowest BCUT2D eigenvalue weighted by molar-refractivity contribution is 0.314. The lowest BCUT2D eigenvalue weighted by Crippen LogP contribution is -2.44. The van der Waals surface area contributed by atoms with Crippen molar-refractivity contribution in [2.75, 3.05) is 39.5 Å². The van der Waals surface area contributed by atoms with E-state index in [1.165, 1.54) is 32.4 Å². The van der Waals surface area contributed by atoms with Crippen molar-refractivity contribution in [2.45, 2.75) is 43.9 Å². The highest BCUT2D eigenvalue weighted by atomic mass is 32.2. The molecule has 1 saturated heterocycles. The van der Waals surface area contributed by atoms with Crippen LogP contribution in [0.15, 0.2) is 4.99 Å². The second-order valence-electron chi connectivity index (χ2n) is 6.65. The molecule has 4 nitrogen and oxygen atoms in total. The lowest BCUT2D eigenvalue weighted by atomic mass is 10.1. The Balaban J connectivity index is 1.66. The highest BCUT2D eigenvalue weighted by Gasteiger charge is 2.34. The molecule has 0 aromatic rings. The normalized spacial score (nSPS) is 25.0. The van der Waals surface area contributed by atoms with Gasteiger partial charge in [-0.2, -0.15) is 11.8 Å². The fourth-order valence-corrected chi connectivity index (χ4v) is 2.85. The molecule has 0 radical (unpaired) electrons. The number of likely N-dealkylation sites (tertiary alicyclic amines) is 1. The highest BCUT2D eigenvalue weighted by Crippen LogP contribution is 2.31. The van der Waals surface area contributed by atoms with Crippen LogP contribution in [0, 0.1) is 5.92 Å². The Morgan fingerprint density at radius 2 is 2.05 bits per heavy atom. The second-order valence-corrected chi connectivity index (χ2v) is 8.16. The van der Waals surface area contributed by atoms with Gasteiger partial charge >= 0.3 is 0 Å². The van der Waals surface area contributed by atoms with Crippen LogP contribution in [0.5, 0.6) is 0 Å². The van der Waals surface area contributed by atoms with Crippen LogP contribution in [0.2, 0.25) is 0 Å². The first kappa shape index (κ1) is 16.0. The van der Waals surface area contributed by atoms with Gasteiger partial charge in [-0.25, -0.2) is 0 Å². The number of nitrogens with one attached hydrogen (secondary N) is 2. The molecule has 1 saturated carbocycles. The number of hydrogen-bond donors (Lipinski definition) is 2. The number of nitrogens with zero attached hydrogens (tertiary/aromatic N) is 2. The van der Waals surface area contributed by atoms with Gasteiger partial charge in [0.15, 0.2) is 5.96 Å². The molecule has 2 aliphatic rings. The highest BCUT2D eigenvalue weighted by molar-refractivity contribution is 7.99. The van der Waals surface area contributed by atoms with Gasteiger partial charge in [-0.3, -0.25) is 4.99 Å². The molecule has 0 spiro atoms. The fourth-order valence-electron chi connectivity index (χ4n) is 2.63. The summed E-state index contributed by atoms with van der Waals surface area (Å²) in [5.41, 5.74) is 0. The van der Waals surface area contributed by atoms with E-state index < -0.39 is 0 Å². The summed E-state index contributed by atoms with van der Waals surface area (Å²) in [7, 11) is 1.85. The van der Waals surface area contributed by atoms with E-state index in [4.69, 9.17) is 0 Å². The standard InChI is InChI=1S/C15H30N4S/c1-15(2,20-4)11-18-14(16-3)17-9-12-7-8-19(10-12)13-5-6-13/h12-13H,5-11H2,1-4H3,(H2,16,17,18). The van der Waals surface area contributed by atoms with Gasteiger partial charge in [-0.1, -0.05) is 0 Å². The van der Waals surface area contributed by atoms with E-state index in [1.807, 2.05) is 18.8 Å². The minimum Gasteiger partial charge on any atom is -0.356 e.